The van der Waals surface area contributed by atoms with E-state index in [4.69, 9.17) is 11.6 Å². The lowest BCUT2D eigenvalue weighted by molar-refractivity contribution is -0.384. The van der Waals surface area contributed by atoms with Gasteiger partial charge < -0.3 is 9.47 Å². The van der Waals surface area contributed by atoms with Crippen molar-refractivity contribution < 1.29 is 9.72 Å². The lowest BCUT2D eigenvalue weighted by Crippen LogP contribution is -2.33. The SMILES string of the molecule is Cn1cccc1CN(C(=O)c1ccc(Cl)c([N+](=O)[O-])c1)C1CC1. The number of nitro benzene ring substituents is 1. The van der Waals surface area contributed by atoms with E-state index in [9.17, 15) is 14.9 Å². The predicted octanol–water partition coefficient (Wildman–Crippen LogP) is 3.39. The molecule has 7 heteroatoms. The minimum atomic E-state index is -0.572. The standard InChI is InChI=1S/C16H16ClN3O3/c1-18-8-2-3-13(18)10-19(12-5-6-12)16(21)11-4-7-14(17)15(9-11)20(22)23/h2-4,7-9,12H,5-6,10H2,1H3. The Kier molecular flexibility index (Phi) is 4.09. The zero-order valence-electron chi connectivity index (χ0n) is 12.6. The topological polar surface area (TPSA) is 68.4 Å². The first-order chi connectivity index (χ1) is 11.0. The van der Waals surface area contributed by atoms with Crippen LogP contribution in [0.3, 0.4) is 0 Å². The van der Waals surface area contributed by atoms with Gasteiger partial charge in [-0.05, 0) is 37.1 Å². The molecule has 0 aliphatic heterocycles. The Morgan fingerprint density at radius 1 is 1.43 bits per heavy atom. The largest absolute Gasteiger partial charge is 0.353 e. The molecule has 23 heavy (non-hydrogen) atoms. The molecule has 1 amide bonds. The van der Waals surface area contributed by atoms with Crippen molar-refractivity contribution in [1.29, 1.82) is 0 Å². The number of carbonyl (C=O) groups is 1. The van der Waals surface area contributed by atoms with Crippen LogP contribution in [0.2, 0.25) is 5.02 Å². The molecule has 0 bridgehead atoms. The van der Waals surface area contributed by atoms with E-state index in [1.54, 1.807) is 4.90 Å². The summed E-state index contributed by atoms with van der Waals surface area (Å²) in [5.41, 5.74) is 1.07. The van der Waals surface area contributed by atoms with Gasteiger partial charge in [-0.15, -0.1) is 0 Å². The molecular formula is C16H16ClN3O3. The van der Waals surface area contributed by atoms with Gasteiger partial charge >= 0.3 is 0 Å². The minimum absolute atomic E-state index is 0.0342. The third-order valence-electron chi connectivity index (χ3n) is 4.02. The van der Waals surface area contributed by atoms with Crippen molar-refractivity contribution >= 4 is 23.2 Å². The second-order valence-corrected chi connectivity index (χ2v) is 6.11. The molecule has 1 aliphatic rings. The number of halogens is 1. The van der Waals surface area contributed by atoms with Gasteiger partial charge in [0.2, 0.25) is 0 Å². The highest BCUT2D eigenvalue weighted by Gasteiger charge is 2.34. The van der Waals surface area contributed by atoms with Crippen LogP contribution in [0, 0.1) is 10.1 Å². The summed E-state index contributed by atoms with van der Waals surface area (Å²) in [5.74, 6) is -0.200. The van der Waals surface area contributed by atoms with Crippen LogP contribution in [0.4, 0.5) is 5.69 Å². The summed E-state index contributed by atoms with van der Waals surface area (Å²) in [6.07, 6.45) is 3.86. The number of nitro groups is 1. The number of amides is 1. The summed E-state index contributed by atoms with van der Waals surface area (Å²) in [5, 5.41) is 11.0. The quantitative estimate of drug-likeness (QED) is 0.622. The van der Waals surface area contributed by atoms with Crippen molar-refractivity contribution in [2.24, 2.45) is 7.05 Å². The second kappa shape index (κ2) is 6.04. The molecule has 120 valence electrons. The number of aryl methyl sites for hydroxylation is 1. The molecule has 3 rings (SSSR count). The zero-order valence-corrected chi connectivity index (χ0v) is 13.4. The number of carbonyl (C=O) groups excluding carboxylic acids is 1. The highest BCUT2D eigenvalue weighted by Crippen LogP contribution is 2.31. The van der Waals surface area contributed by atoms with Crippen molar-refractivity contribution in [2.45, 2.75) is 25.4 Å². The number of aromatic nitrogens is 1. The summed E-state index contributed by atoms with van der Waals surface area (Å²) < 4.78 is 1.97. The molecule has 0 spiro atoms. The van der Waals surface area contributed by atoms with Gasteiger partial charge in [0.05, 0.1) is 11.5 Å². The normalized spacial score (nSPS) is 13.8. The number of rotatable bonds is 5. The van der Waals surface area contributed by atoms with Crippen molar-refractivity contribution in [3.8, 4) is 0 Å². The predicted molar refractivity (Wildman–Crippen MR) is 86.4 cm³/mol. The Labute approximate surface area is 138 Å². The lowest BCUT2D eigenvalue weighted by Gasteiger charge is -2.23. The Morgan fingerprint density at radius 2 is 2.17 bits per heavy atom. The number of benzene rings is 1. The van der Waals surface area contributed by atoms with Gasteiger partial charge in [-0.3, -0.25) is 14.9 Å². The number of hydrogen-bond acceptors (Lipinski definition) is 3. The zero-order chi connectivity index (χ0) is 16.6. The van der Waals surface area contributed by atoms with E-state index in [2.05, 4.69) is 0 Å². The molecule has 0 N–H and O–H groups in total. The van der Waals surface area contributed by atoms with Crippen LogP contribution in [0.5, 0.6) is 0 Å². The average molecular weight is 334 g/mol. The molecule has 1 heterocycles. The third kappa shape index (κ3) is 3.22. The van der Waals surface area contributed by atoms with Crippen LogP contribution >= 0.6 is 11.6 Å². The molecule has 2 aromatic rings. The first-order valence-corrected chi connectivity index (χ1v) is 7.70. The maximum atomic E-state index is 12.8. The van der Waals surface area contributed by atoms with Crippen molar-refractivity contribution in [1.82, 2.24) is 9.47 Å². The van der Waals surface area contributed by atoms with Crippen LogP contribution in [0.25, 0.3) is 0 Å². The molecule has 1 aromatic carbocycles. The third-order valence-corrected chi connectivity index (χ3v) is 4.34. The lowest BCUT2D eigenvalue weighted by atomic mass is 10.1. The van der Waals surface area contributed by atoms with Crippen LogP contribution in [-0.2, 0) is 13.6 Å². The second-order valence-electron chi connectivity index (χ2n) is 5.70. The van der Waals surface area contributed by atoms with E-state index in [0.29, 0.717) is 12.1 Å². The van der Waals surface area contributed by atoms with E-state index in [-0.39, 0.29) is 22.7 Å². The van der Waals surface area contributed by atoms with E-state index >= 15 is 0 Å². The molecule has 0 radical (unpaired) electrons. The van der Waals surface area contributed by atoms with Gasteiger partial charge in [-0.1, -0.05) is 11.6 Å². The van der Waals surface area contributed by atoms with E-state index in [1.165, 1.54) is 18.2 Å². The van der Waals surface area contributed by atoms with Gasteiger partial charge in [0.25, 0.3) is 11.6 Å². The number of nitrogens with zero attached hydrogens (tertiary/aromatic N) is 3. The minimum Gasteiger partial charge on any atom is -0.353 e. The van der Waals surface area contributed by atoms with Gasteiger partial charge in [0.1, 0.15) is 5.02 Å². The van der Waals surface area contributed by atoms with Crippen LogP contribution in [0.1, 0.15) is 28.9 Å². The molecule has 1 aromatic heterocycles. The Balaban J connectivity index is 1.88. The highest BCUT2D eigenvalue weighted by atomic mass is 35.5. The molecule has 6 nitrogen and oxygen atoms in total. The van der Waals surface area contributed by atoms with Crippen LogP contribution in [-0.4, -0.2) is 26.3 Å². The molecular weight excluding hydrogens is 318 g/mol. The summed E-state index contributed by atoms with van der Waals surface area (Å²) in [4.78, 5) is 25.0. The van der Waals surface area contributed by atoms with Gasteiger partial charge in [0.15, 0.2) is 0 Å². The van der Waals surface area contributed by atoms with E-state index in [1.807, 2.05) is 29.9 Å². The van der Waals surface area contributed by atoms with E-state index in [0.717, 1.165) is 18.5 Å². The Hall–Kier alpha value is -2.34. The first-order valence-electron chi connectivity index (χ1n) is 7.32. The fourth-order valence-corrected chi connectivity index (χ4v) is 2.73. The van der Waals surface area contributed by atoms with Crippen LogP contribution in [0.15, 0.2) is 36.5 Å². The Morgan fingerprint density at radius 3 is 2.74 bits per heavy atom. The maximum absolute atomic E-state index is 12.8. The summed E-state index contributed by atoms with van der Waals surface area (Å²) >= 11 is 5.82. The molecule has 1 fully saturated rings. The molecule has 1 aliphatic carbocycles. The van der Waals surface area contributed by atoms with E-state index < -0.39 is 4.92 Å². The first kappa shape index (κ1) is 15.6. The summed E-state index contributed by atoms with van der Waals surface area (Å²) in [6.45, 7) is 0.490. The van der Waals surface area contributed by atoms with Gasteiger partial charge in [-0.2, -0.15) is 0 Å². The van der Waals surface area contributed by atoms with Crippen molar-refractivity contribution in [3.63, 3.8) is 0 Å². The fourth-order valence-electron chi connectivity index (χ4n) is 2.54. The van der Waals surface area contributed by atoms with Crippen molar-refractivity contribution in [3.05, 3.63) is 62.9 Å². The van der Waals surface area contributed by atoms with Crippen LogP contribution < -0.4 is 0 Å². The van der Waals surface area contributed by atoms with Crippen molar-refractivity contribution in [2.75, 3.05) is 0 Å². The van der Waals surface area contributed by atoms with Gasteiger partial charge in [0, 0.05) is 36.6 Å². The number of hydrogen-bond donors (Lipinski definition) is 0. The summed E-state index contributed by atoms with van der Waals surface area (Å²) in [7, 11) is 1.93. The fraction of sp³-hybridized carbons (Fsp3) is 0.312. The molecule has 0 atom stereocenters. The maximum Gasteiger partial charge on any atom is 0.288 e. The monoisotopic (exact) mass is 333 g/mol. The smallest absolute Gasteiger partial charge is 0.288 e. The molecule has 0 unspecified atom stereocenters. The summed E-state index contributed by atoms with van der Waals surface area (Å²) in [6, 6.07) is 8.29. The average Bonchev–Trinajstić information content (AvgIpc) is 3.28. The van der Waals surface area contributed by atoms with Gasteiger partial charge in [-0.25, -0.2) is 0 Å². The molecule has 0 saturated heterocycles. The Bertz CT molecular complexity index is 768. The highest BCUT2D eigenvalue weighted by molar-refractivity contribution is 6.32. The molecule has 1 saturated carbocycles.